The first kappa shape index (κ1) is 9.43. The van der Waals surface area contributed by atoms with Gasteiger partial charge in [0.15, 0.2) is 0 Å². The zero-order valence-corrected chi connectivity index (χ0v) is 6.86. The summed E-state index contributed by atoms with van der Waals surface area (Å²) in [7, 11) is 0. The summed E-state index contributed by atoms with van der Waals surface area (Å²) in [5, 5.41) is 0. The van der Waals surface area contributed by atoms with Crippen LogP contribution in [0.5, 0.6) is 0 Å². The van der Waals surface area contributed by atoms with Gasteiger partial charge in [-0.3, -0.25) is 4.79 Å². The molecule has 0 saturated heterocycles. The fourth-order valence-electron chi connectivity index (χ4n) is 0. The van der Waals surface area contributed by atoms with E-state index < -0.39 is 5.91 Å². The maximum absolute atomic E-state index is 9.47. The number of carbonyl (C=O) groups excluding carboxylic acids is 1. The number of nitrogens with two attached hydrogens (primary N) is 1. The van der Waals surface area contributed by atoms with E-state index in [9.17, 15) is 4.79 Å². The van der Waals surface area contributed by atoms with Crippen LogP contribution in [0, 0.1) is 0 Å². The molecule has 0 bridgehead atoms. The largest absolute Gasteiger partial charge is 0.366 e. The summed E-state index contributed by atoms with van der Waals surface area (Å²) in [6.07, 6.45) is 1.06. The molecular weight excluding hydrogens is 245 g/mol. The third-order valence-electron chi connectivity index (χ3n) is 0.201. The van der Waals surface area contributed by atoms with E-state index in [1.54, 1.807) is 0 Å². The molecule has 3 heteroatoms. The Morgan fingerprint density at radius 1 is 1.83 bits per heavy atom. The second-order valence-corrected chi connectivity index (χ2v) is 0.606. The summed E-state index contributed by atoms with van der Waals surface area (Å²) in [6.45, 7) is 3.09. The van der Waals surface area contributed by atoms with Gasteiger partial charge < -0.3 is 5.73 Å². The van der Waals surface area contributed by atoms with Gasteiger partial charge in [-0.15, -0.1) is 0 Å². The molecule has 0 unspecified atom stereocenters. The minimum absolute atomic E-state index is 0. The average Bonchev–Trinajstić information content (AvgIpc) is 1.38. The Hall–Kier alpha value is 0.0801. The number of hydrogen-bond acceptors (Lipinski definition) is 1. The molecule has 0 aromatic carbocycles. The van der Waals surface area contributed by atoms with Gasteiger partial charge in [0.1, 0.15) is 0 Å². The molecule has 0 aromatic rings. The van der Waals surface area contributed by atoms with E-state index in [-0.39, 0.29) is 25.8 Å². The van der Waals surface area contributed by atoms with Gasteiger partial charge in [0.05, 0.1) is 0 Å². The molecule has 6 heavy (non-hydrogen) atoms. The predicted octanol–water partition coefficient (Wildman–Crippen LogP) is -0.345. The fraction of sp³-hybridized carbons (Fsp3) is 0. The van der Waals surface area contributed by atoms with Crippen LogP contribution in [0.3, 0.4) is 0 Å². The number of primary amides is 1. The molecule has 0 aliphatic carbocycles. The zero-order chi connectivity index (χ0) is 4.28. The molecular formula is C3H5HfNO. The standard InChI is InChI=1S/C3H5NO.Hf/c1-2-3(4)5;/h2H,1H2,(H2,4,5);. The molecule has 0 saturated carbocycles. The van der Waals surface area contributed by atoms with Gasteiger partial charge in [-0.2, -0.15) is 0 Å². The summed E-state index contributed by atoms with van der Waals surface area (Å²) in [4.78, 5) is 9.47. The van der Waals surface area contributed by atoms with Crippen molar-refractivity contribution in [3.05, 3.63) is 12.7 Å². The Labute approximate surface area is 55.2 Å². The molecule has 0 atom stereocenters. The molecule has 0 rings (SSSR count). The molecule has 32 valence electrons. The minimum atomic E-state index is -0.481. The van der Waals surface area contributed by atoms with Crippen LogP contribution in [0.25, 0.3) is 0 Å². The Kier molecular flexibility index (Phi) is 7.98. The molecule has 0 radical (unpaired) electrons. The number of rotatable bonds is 1. The van der Waals surface area contributed by atoms with E-state index in [2.05, 4.69) is 12.3 Å². The van der Waals surface area contributed by atoms with Crippen molar-refractivity contribution >= 4 is 5.91 Å². The van der Waals surface area contributed by atoms with Gasteiger partial charge in [-0.05, 0) is 6.08 Å². The maximum Gasteiger partial charge on any atom is 0.240 e. The molecule has 0 heterocycles. The molecule has 0 aromatic heterocycles. The van der Waals surface area contributed by atoms with E-state index in [0.29, 0.717) is 0 Å². The van der Waals surface area contributed by atoms with Crippen LogP contribution in [0.15, 0.2) is 12.7 Å². The summed E-state index contributed by atoms with van der Waals surface area (Å²) in [5.74, 6) is -0.481. The summed E-state index contributed by atoms with van der Waals surface area (Å²) < 4.78 is 0. The van der Waals surface area contributed by atoms with E-state index in [4.69, 9.17) is 0 Å². The summed E-state index contributed by atoms with van der Waals surface area (Å²) in [6, 6.07) is 0. The first-order valence-corrected chi connectivity index (χ1v) is 1.19. The Bertz CT molecular complexity index is 61.8. The average molecular weight is 250 g/mol. The predicted molar refractivity (Wildman–Crippen MR) is 19.4 cm³/mol. The van der Waals surface area contributed by atoms with Crippen LogP contribution >= 0.6 is 0 Å². The Morgan fingerprint density at radius 2 is 2.00 bits per heavy atom. The molecule has 0 aliphatic rings. The van der Waals surface area contributed by atoms with Crippen LogP contribution in [0.2, 0.25) is 0 Å². The quantitative estimate of drug-likeness (QED) is 0.501. The zero-order valence-electron chi connectivity index (χ0n) is 3.27. The van der Waals surface area contributed by atoms with Crippen molar-refractivity contribution < 1.29 is 30.6 Å². The second kappa shape index (κ2) is 5.08. The molecule has 0 spiro atoms. The Morgan fingerprint density at radius 3 is 2.00 bits per heavy atom. The van der Waals surface area contributed by atoms with Crippen molar-refractivity contribution in [1.29, 1.82) is 0 Å². The smallest absolute Gasteiger partial charge is 0.240 e. The van der Waals surface area contributed by atoms with Crippen LogP contribution in [0.4, 0.5) is 0 Å². The monoisotopic (exact) mass is 251 g/mol. The third kappa shape index (κ3) is 8.95. The first-order valence-electron chi connectivity index (χ1n) is 1.19. The van der Waals surface area contributed by atoms with Crippen molar-refractivity contribution in [1.82, 2.24) is 0 Å². The van der Waals surface area contributed by atoms with E-state index >= 15 is 0 Å². The van der Waals surface area contributed by atoms with Gasteiger partial charge >= 0.3 is 0 Å². The van der Waals surface area contributed by atoms with E-state index in [1.165, 1.54) is 0 Å². The van der Waals surface area contributed by atoms with E-state index in [1.807, 2.05) is 0 Å². The van der Waals surface area contributed by atoms with Crippen molar-refractivity contribution in [3.8, 4) is 0 Å². The van der Waals surface area contributed by atoms with Gasteiger partial charge in [-0.1, -0.05) is 6.58 Å². The normalized spacial score (nSPS) is 5.33. The fourth-order valence-corrected chi connectivity index (χ4v) is 0. The van der Waals surface area contributed by atoms with Gasteiger partial charge in [0, 0.05) is 25.8 Å². The van der Waals surface area contributed by atoms with Gasteiger partial charge in [-0.25, -0.2) is 0 Å². The van der Waals surface area contributed by atoms with Crippen LogP contribution < -0.4 is 5.73 Å². The SMILES string of the molecule is C=CC(N)=O.[Hf]. The first-order chi connectivity index (χ1) is 2.27. The summed E-state index contributed by atoms with van der Waals surface area (Å²) >= 11 is 0. The number of carbonyl (C=O) groups is 1. The van der Waals surface area contributed by atoms with Gasteiger partial charge in [0.2, 0.25) is 5.91 Å². The van der Waals surface area contributed by atoms with Crippen molar-refractivity contribution in [3.63, 3.8) is 0 Å². The maximum atomic E-state index is 9.47. The molecule has 1 amide bonds. The van der Waals surface area contributed by atoms with Gasteiger partial charge in [0.25, 0.3) is 0 Å². The summed E-state index contributed by atoms with van der Waals surface area (Å²) in [5.41, 5.74) is 4.53. The second-order valence-electron chi connectivity index (χ2n) is 0.606. The van der Waals surface area contributed by atoms with Crippen LogP contribution in [0.1, 0.15) is 0 Å². The van der Waals surface area contributed by atoms with Crippen molar-refractivity contribution in [2.24, 2.45) is 5.73 Å². The third-order valence-corrected chi connectivity index (χ3v) is 0.201. The van der Waals surface area contributed by atoms with Crippen molar-refractivity contribution in [2.45, 2.75) is 0 Å². The molecule has 2 nitrogen and oxygen atoms in total. The minimum Gasteiger partial charge on any atom is -0.366 e. The van der Waals surface area contributed by atoms with Crippen LogP contribution in [-0.2, 0) is 30.6 Å². The topological polar surface area (TPSA) is 43.1 Å². The number of hydrogen-bond donors (Lipinski definition) is 1. The molecule has 0 aliphatic heterocycles. The van der Waals surface area contributed by atoms with Crippen molar-refractivity contribution in [2.75, 3.05) is 0 Å². The number of amides is 1. The molecule has 0 fully saturated rings. The van der Waals surface area contributed by atoms with Crippen LogP contribution in [-0.4, -0.2) is 5.91 Å². The Balaban J connectivity index is 0. The molecule has 2 N–H and O–H groups in total. The van der Waals surface area contributed by atoms with E-state index in [0.717, 1.165) is 6.08 Å².